The summed E-state index contributed by atoms with van der Waals surface area (Å²) < 4.78 is 10.7. The molecule has 0 atom stereocenters. The van der Waals surface area contributed by atoms with Crippen LogP contribution in [0.5, 0.6) is 0 Å². The lowest BCUT2D eigenvalue weighted by molar-refractivity contribution is 0.210. The number of methoxy groups -OCH3 is 1. The number of ether oxygens (including phenoxy) is 1. The maximum Gasteiger partial charge on any atom is 0.153 e. The highest BCUT2D eigenvalue weighted by Crippen LogP contribution is 2.27. The summed E-state index contributed by atoms with van der Waals surface area (Å²) in [6.07, 6.45) is 0. The summed E-state index contributed by atoms with van der Waals surface area (Å²) in [5.41, 5.74) is 1.73. The number of furan rings is 1. The minimum atomic E-state index is 0.646. The van der Waals surface area contributed by atoms with Gasteiger partial charge in [0, 0.05) is 25.1 Å². The van der Waals surface area contributed by atoms with Crippen molar-refractivity contribution in [1.82, 2.24) is 10.2 Å². The van der Waals surface area contributed by atoms with Crippen LogP contribution in [0.4, 0.5) is 5.82 Å². The topological polar surface area (TPSA) is 63.1 Å². The fraction of sp³-hybridized carbons (Fsp3) is 0.214. The molecule has 2 heterocycles. The normalized spacial score (nSPS) is 11.0. The number of nitrogens with one attached hydrogen (secondary N) is 2. The quantitative estimate of drug-likeness (QED) is 0.690. The van der Waals surface area contributed by atoms with Gasteiger partial charge in [0.15, 0.2) is 5.76 Å². The second kappa shape index (κ2) is 5.16. The summed E-state index contributed by atoms with van der Waals surface area (Å²) in [7, 11) is 1.67. The summed E-state index contributed by atoms with van der Waals surface area (Å²) in [4.78, 5) is 0. The van der Waals surface area contributed by atoms with Gasteiger partial charge in [-0.1, -0.05) is 18.2 Å². The molecule has 0 bridgehead atoms. The van der Waals surface area contributed by atoms with Gasteiger partial charge >= 0.3 is 0 Å². The van der Waals surface area contributed by atoms with Crippen LogP contribution in [0.15, 0.2) is 40.8 Å². The maximum atomic E-state index is 5.77. The molecular weight excluding hydrogens is 242 g/mol. The number of rotatable bonds is 5. The highest BCUT2D eigenvalue weighted by atomic mass is 16.5. The van der Waals surface area contributed by atoms with Crippen LogP contribution in [0.3, 0.4) is 0 Å². The van der Waals surface area contributed by atoms with E-state index in [9.17, 15) is 0 Å². The average molecular weight is 257 g/mol. The van der Waals surface area contributed by atoms with Crippen LogP contribution in [-0.4, -0.2) is 30.5 Å². The first-order valence-electron chi connectivity index (χ1n) is 6.14. The van der Waals surface area contributed by atoms with Crippen LogP contribution in [0, 0.1) is 0 Å². The van der Waals surface area contributed by atoms with E-state index in [1.54, 1.807) is 7.11 Å². The minimum Gasteiger partial charge on any atom is -0.454 e. The summed E-state index contributed by atoms with van der Waals surface area (Å²) in [6.45, 7) is 1.37. The van der Waals surface area contributed by atoms with Crippen LogP contribution in [0.1, 0.15) is 0 Å². The molecule has 0 saturated carbocycles. The standard InChI is InChI=1S/C14H15N3O2/c1-18-7-6-15-14-9-11(16-17-14)13-8-10-4-2-3-5-12(10)19-13/h2-5,8-9H,6-7H2,1H3,(H2,15,16,17). The Morgan fingerprint density at radius 2 is 2.21 bits per heavy atom. The van der Waals surface area contributed by atoms with Gasteiger partial charge in [0.05, 0.1) is 6.61 Å². The van der Waals surface area contributed by atoms with Crippen molar-refractivity contribution in [2.75, 3.05) is 25.6 Å². The van der Waals surface area contributed by atoms with Crippen molar-refractivity contribution in [1.29, 1.82) is 0 Å². The molecule has 98 valence electrons. The molecule has 3 aromatic rings. The second-order valence-electron chi connectivity index (χ2n) is 4.23. The van der Waals surface area contributed by atoms with Crippen molar-refractivity contribution in [3.63, 3.8) is 0 Å². The zero-order valence-electron chi connectivity index (χ0n) is 10.6. The molecule has 19 heavy (non-hydrogen) atoms. The second-order valence-corrected chi connectivity index (χ2v) is 4.23. The Labute approximate surface area is 110 Å². The number of fused-ring (bicyclic) bond motifs is 1. The Bertz CT molecular complexity index is 639. The van der Waals surface area contributed by atoms with Gasteiger partial charge in [-0.2, -0.15) is 5.10 Å². The number of hydrogen-bond acceptors (Lipinski definition) is 4. The van der Waals surface area contributed by atoms with Gasteiger partial charge in [0.2, 0.25) is 0 Å². The molecule has 3 rings (SSSR count). The SMILES string of the molecule is COCCNc1cc(-c2cc3ccccc3o2)[nH]n1. The molecule has 0 radical (unpaired) electrons. The first kappa shape index (κ1) is 11.8. The van der Waals surface area contributed by atoms with E-state index in [2.05, 4.69) is 15.5 Å². The Balaban J connectivity index is 1.81. The number of nitrogens with zero attached hydrogens (tertiary/aromatic N) is 1. The number of anilines is 1. The Morgan fingerprint density at radius 1 is 1.32 bits per heavy atom. The smallest absolute Gasteiger partial charge is 0.153 e. The maximum absolute atomic E-state index is 5.77. The third-order valence-electron chi connectivity index (χ3n) is 2.88. The van der Waals surface area contributed by atoms with E-state index in [0.29, 0.717) is 6.61 Å². The molecular formula is C14H15N3O2. The Hall–Kier alpha value is -2.27. The van der Waals surface area contributed by atoms with Crippen LogP contribution in [0.25, 0.3) is 22.4 Å². The zero-order chi connectivity index (χ0) is 13.1. The molecule has 0 fully saturated rings. The fourth-order valence-corrected chi connectivity index (χ4v) is 1.93. The van der Waals surface area contributed by atoms with Gasteiger partial charge in [0.1, 0.15) is 17.1 Å². The highest BCUT2D eigenvalue weighted by molar-refractivity contribution is 5.82. The third-order valence-corrected chi connectivity index (χ3v) is 2.88. The summed E-state index contributed by atoms with van der Waals surface area (Å²) >= 11 is 0. The lowest BCUT2D eigenvalue weighted by Gasteiger charge is -1.99. The van der Waals surface area contributed by atoms with Crippen molar-refractivity contribution in [3.8, 4) is 11.5 Å². The highest BCUT2D eigenvalue weighted by Gasteiger charge is 2.08. The van der Waals surface area contributed by atoms with Gasteiger partial charge < -0.3 is 14.5 Å². The lowest BCUT2D eigenvalue weighted by atomic mass is 10.2. The Kier molecular flexibility index (Phi) is 3.20. The Morgan fingerprint density at radius 3 is 3.05 bits per heavy atom. The van der Waals surface area contributed by atoms with Crippen LogP contribution in [0.2, 0.25) is 0 Å². The van der Waals surface area contributed by atoms with Crippen molar-refractivity contribution >= 4 is 16.8 Å². The van der Waals surface area contributed by atoms with Gasteiger partial charge in [-0.3, -0.25) is 5.10 Å². The predicted octanol–water partition coefficient (Wildman–Crippen LogP) is 2.88. The molecule has 0 amide bonds. The molecule has 5 nitrogen and oxygen atoms in total. The van der Waals surface area contributed by atoms with E-state index in [1.807, 2.05) is 36.4 Å². The van der Waals surface area contributed by atoms with Crippen LogP contribution >= 0.6 is 0 Å². The van der Waals surface area contributed by atoms with E-state index in [0.717, 1.165) is 34.8 Å². The molecule has 2 aromatic heterocycles. The third kappa shape index (κ3) is 2.46. The van der Waals surface area contributed by atoms with Crippen LogP contribution < -0.4 is 5.32 Å². The largest absolute Gasteiger partial charge is 0.454 e. The van der Waals surface area contributed by atoms with E-state index in [1.165, 1.54) is 0 Å². The van der Waals surface area contributed by atoms with E-state index in [-0.39, 0.29) is 0 Å². The molecule has 0 unspecified atom stereocenters. The molecule has 0 aliphatic carbocycles. The molecule has 0 saturated heterocycles. The van der Waals surface area contributed by atoms with Gasteiger partial charge in [-0.05, 0) is 12.1 Å². The minimum absolute atomic E-state index is 0.646. The molecule has 0 spiro atoms. The molecule has 2 N–H and O–H groups in total. The van der Waals surface area contributed by atoms with Crippen molar-refractivity contribution in [2.24, 2.45) is 0 Å². The summed E-state index contributed by atoms with van der Waals surface area (Å²) in [6, 6.07) is 11.9. The number of aromatic nitrogens is 2. The van der Waals surface area contributed by atoms with Crippen molar-refractivity contribution < 1.29 is 9.15 Å². The average Bonchev–Trinajstić information content (AvgIpc) is 3.04. The summed E-state index contributed by atoms with van der Waals surface area (Å²) in [5.74, 6) is 1.57. The van der Waals surface area contributed by atoms with Gasteiger partial charge in [-0.25, -0.2) is 0 Å². The van der Waals surface area contributed by atoms with Gasteiger partial charge in [0.25, 0.3) is 0 Å². The molecule has 0 aliphatic rings. The first-order valence-corrected chi connectivity index (χ1v) is 6.14. The number of benzene rings is 1. The van der Waals surface area contributed by atoms with Crippen molar-refractivity contribution in [2.45, 2.75) is 0 Å². The molecule has 1 aromatic carbocycles. The number of H-pyrrole nitrogens is 1. The number of aromatic amines is 1. The monoisotopic (exact) mass is 257 g/mol. The van der Waals surface area contributed by atoms with E-state index in [4.69, 9.17) is 9.15 Å². The number of hydrogen-bond donors (Lipinski definition) is 2. The van der Waals surface area contributed by atoms with Crippen molar-refractivity contribution in [3.05, 3.63) is 36.4 Å². The lowest BCUT2D eigenvalue weighted by Crippen LogP contribution is -2.07. The molecule has 0 aliphatic heterocycles. The van der Waals surface area contributed by atoms with Crippen LogP contribution in [-0.2, 0) is 4.74 Å². The first-order chi connectivity index (χ1) is 9.36. The van der Waals surface area contributed by atoms with Gasteiger partial charge in [-0.15, -0.1) is 0 Å². The fourth-order valence-electron chi connectivity index (χ4n) is 1.93. The summed E-state index contributed by atoms with van der Waals surface area (Å²) in [5, 5.41) is 11.4. The molecule has 5 heteroatoms. The van der Waals surface area contributed by atoms with E-state index >= 15 is 0 Å². The number of para-hydroxylation sites is 1. The zero-order valence-corrected chi connectivity index (χ0v) is 10.6. The predicted molar refractivity (Wildman–Crippen MR) is 74.2 cm³/mol. The van der Waals surface area contributed by atoms with E-state index < -0.39 is 0 Å².